The Morgan fingerprint density at radius 1 is 1.04 bits per heavy atom. The third-order valence-corrected chi connectivity index (χ3v) is 3.99. The van der Waals surface area contributed by atoms with Gasteiger partial charge in [0.15, 0.2) is 5.78 Å². The number of halogens is 2. The van der Waals surface area contributed by atoms with Crippen LogP contribution in [0.4, 0.5) is 11.4 Å². The fourth-order valence-electron chi connectivity index (χ4n) is 2.22. The van der Waals surface area contributed by atoms with Gasteiger partial charge in [0, 0.05) is 23.2 Å². The van der Waals surface area contributed by atoms with Gasteiger partial charge in [-0.3, -0.25) is 14.4 Å². The number of hydrogen-bond acceptors (Lipinski definition) is 3. The topological polar surface area (TPSA) is 66.5 Å². The van der Waals surface area contributed by atoms with Crippen molar-refractivity contribution in [2.24, 2.45) is 0 Å². The number of anilines is 2. The fourth-order valence-corrected chi connectivity index (χ4v) is 2.60. The van der Waals surface area contributed by atoms with Crippen molar-refractivity contribution in [1.29, 1.82) is 0 Å². The van der Waals surface area contributed by atoms with E-state index in [1.165, 1.54) is 24.8 Å². The van der Waals surface area contributed by atoms with E-state index in [1.54, 1.807) is 36.4 Å². The van der Waals surface area contributed by atoms with E-state index in [1.807, 2.05) is 0 Å². The van der Waals surface area contributed by atoms with Crippen molar-refractivity contribution in [1.82, 2.24) is 0 Å². The lowest BCUT2D eigenvalue weighted by molar-refractivity contribution is -0.120. The Morgan fingerprint density at radius 3 is 2.40 bits per heavy atom. The molecule has 130 valence electrons. The molecule has 2 rings (SSSR count). The van der Waals surface area contributed by atoms with Crippen LogP contribution in [0.3, 0.4) is 0 Å². The maximum atomic E-state index is 12.3. The molecule has 0 aromatic heterocycles. The number of amides is 2. The van der Waals surface area contributed by atoms with Crippen molar-refractivity contribution in [2.75, 3.05) is 16.8 Å². The van der Waals surface area contributed by atoms with E-state index < -0.39 is 5.91 Å². The highest BCUT2D eigenvalue weighted by Gasteiger charge is 2.19. The fraction of sp³-hybridized carbons (Fsp3) is 0.167. The van der Waals surface area contributed by atoms with Gasteiger partial charge in [0.2, 0.25) is 11.8 Å². The van der Waals surface area contributed by atoms with Gasteiger partial charge in [0.25, 0.3) is 0 Å². The summed E-state index contributed by atoms with van der Waals surface area (Å²) in [5.74, 6) is -0.879. The molecule has 0 heterocycles. The van der Waals surface area contributed by atoms with Crippen LogP contribution < -0.4 is 10.2 Å². The number of nitrogens with one attached hydrogen (secondary N) is 1. The van der Waals surface area contributed by atoms with Crippen LogP contribution in [0.15, 0.2) is 42.5 Å². The molecule has 0 aliphatic heterocycles. The van der Waals surface area contributed by atoms with Gasteiger partial charge < -0.3 is 10.2 Å². The normalized spacial score (nSPS) is 10.2. The molecule has 0 spiro atoms. The predicted octanol–water partition coefficient (Wildman–Crippen LogP) is 4.19. The van der Waals surface area contributed by atoms with Gasteiger partial charge in [0.1, 0.15) is 6.54 Å². The number of benzene rings is 2. The molecule has 7 heteroatoms. The number of carbonyl (C=O) groups is 3. The van der Waals surface area contributed by atoms with Crippen molar-refractivity contribution in [2.45, 2.75) is 13.8 Å². The summed E-state index contributed by atoms with van der Waals surface area (Å²) in [5, 5.41) is 3.38. The second kappa shape index (κ2) is 8.14. The Labute approximate surface area is 155 Å². The molecule has 25 heavy (non-hydrogen) atoms. The predicted molar refractivity (Wildman–Crippen MR) is 99.6 cm³/mol. The number of carbonyl (C=O) groups excluding carboxylic acids is 3. The molecule has 2 amide bonds. The van der Waals surface area contributed by atoms with Gasteiger partial charge in [-0.1, -0.05) is 35.3 Å². The summed E-state index contributed by atoms with van der Waals surface area (Å²) in [6.07, 6.45) is 0. The number of nitrogens with zero attached hydrogens (tertiary/aromatic N) is 1. The summed E-state index contributed by atoms with van der Waals surface area (Å²) in [4.78, 5) is 36.9. The van der Waals surface area contributed by atoms with Crippen LogP contribution in [0.2, 0.25) is 10.0 Å². The smallest absolute Gasteiger partial charge is 0.244 e. The van der Waals surface area contributed by atoms with E-state index in [9.17, 15) is 14.4 Å². The molecule has 1 N–H and O–H groups in total. The van der Waals surface area contributed by atoms with Crippen molar-refractivity contribution < 1.29 is 14.4 Å². The minimum absolute atomic E-state index is 0.104. The molecule has 0 saturated heterocycles. The van der Waals surface area contributed by atoms with E-state index in [4.69, 9.17) is 23.2 Å². The molecule has 2 aromatic carbocycles. The second-order valence-corrected chi connectivity index (χ2v) is 6.23. The van der Waals surface area contributed by atoms with Crippen molar-refractivity contribution in [3.8, 4) is 0 Å². The lowest BCUT2D eigenvalue weighted by Gasteiger charge is -2.22. The first-order valence-electron chi connectivity index (χ1n) is 7.42. The Kier molecular flexibility index (Phi) is 6.17. The molecule has 0 radical (unpaired) electrons. The molecule has 0 aliphatic carbocycles. The third-order valence-electron chi connectivity index (χ3n) is 3.43. The molecule has 0 saturated carbocycles. The number of ketones is 1. The lowest BCUT2D eigenvalue weighted by atomic mass is 10.1. The summed E-state index contributed by atoms with van der Waals surface area (Å²) in [7, 11) is 0. The highest BCUT2D eigenvalue weighted by molar-refractivity contribution is 6.36. The Hall–Kier alpha value is -2.37. The lowest BCUT2D eigenvalue weighted by Crippen LogP contribution is -2.36. The quantitative estimate of drug-likeness (QED) is 0.793. The maximum absolute atomic E-state index is 12.3. The Morgan fingerprint density at radius 2 is 1.76 bits per heavy atom. The highest BCUT2D eigenvalue weighted by Crippen LogP contribution is 2.29. The van der Waals surface area contributed by atoms with Crippen LogP contribution in [-0.2, 0) is 9.59 Å². The summed E-state index contributed by atoms with van der Waals surface area (Å²) in [6.45, 7) is 2.54. The van der Waals surface area contributed by atoms with Crippen LogP contribution in [0.5, 0.6) is 0 Å². The third kappa shape index (κ3) is 5.05. The van der Waals surface area contributed by atoms with Gasteiger partial charge in [0.05, 0.1) is 10.7 Å². The van der Waals surface area contributed by atoms with Gasteiger partial charge >= 0.3 is 0 Å². The van der Waals surface area contributed by atoms with Gasteiger partial charge in [-0.2, -0.15) is 0 Å². The Bertz CT molecular complexity index is 837. The highest BCUT2D eigenvalue weighted by atomic mass is 35.5. The summed E-state index contributed by atoms with van der Waals surface area (Å²) in [6, 6.07) is 11.2. The average Bonchev–Trinajstić information content (AvgIpc) is 2.55. The standard InChI is InChI=1S/C18H16Cl2N2O3/c1-11(23)13-4-3-5-15(8-13)21-18(25)10-22(12(2)24)17-9-14(19)6-7-16(17)20/h3-9H,10H2,1-2H3,(H,21,25). The number of rotatable bonds is 5. The first kappa shape index (κ1) is 19.0. The number of hydrogen-bond donors (Lipinski definition) is 1. The van der Waals surface area contributed by atoms with E-state index in [-0.39, 0.29) is 18.2 Å². The zero-order valence-electron chi connectivity index (χ0n) is 13.7. The molecule has 5 nitrogen and oxygen atoms in total. The molecule has 0 atom stereocenters. The zero-order valence-corrected chi connectivity index (χ0v) is 15.2. The van der Waals surface area contributed by atoms with Crippen LogP contribution in [0.1, 0.15) is 24.2 Å². The van der Waals surface area contributed by atoms with E-state index in [0.717, 1.165) is 0 Å². The molecular weight excluding hydrogens is 363 g/mol. The summed E-state index contributed by atoms with van der Waals surface area (Å²) < 4.78 is 0. The maximum Gasteiger partial charge on any atom is 0.244 e. The van der Waals surface area contributed by atoms with Crippen LogP contribution in [0.25, 0.3) is 0 Å². The first-order chi connectivity index (χ1) is 11.8. The molecular formula is C18H16Cl2N2O3. The minimum atomic E-state index is -0.424. The van der Waals surface area contributed by atoms with E-state index >= 15 is 0 Å². The second-order valence-electron chi connectivity index (χ2n) is 5.39. The SMILES string of the molecule is CC(=O)c1cccc(NC(=O)CN(C(C)=O)c2cc(Cl)ccc2Cl)c1. The molecule has 2 aromatic rings. The number of Topliss-reactive ketones (excluding diaryl/α,β-unsaturated/α-hetero) is 1. The minimum Gasteiger partial charge on any atom is -0.325 e. The van der Waals surface area contributed by atoms with Gasteiger partial charge in [-0.05, 0) is 37.3 Å². The van der Waals surface area contributed by atoms with Crippen LogP contribution in [-0.4, -0.2) is 24.1 Å². The summed E-state index contributed by atoms with van der Waals surface area (Å²) in [5.41, 5.74) is 1.31. The van der Waals surface area contributed by atoms with Crippen LogP contribution in [0, 0.1) is 0 Å². The zero-order chi connectivity index (χ0) is 18.6. The van der Waals surface area contributed by atoms with E-state index in [0.29, 0.717) is 27.0 Å². The summed E-state index contributed by atoms with van der Waals surface area (Å²) >= 11 is 12.1. The Balaban J connectivity index is 2.18. The average molecular weight is 379 g/mol. The monoisotopic (exact) mass is 378 g/mol. The van der Waals surface area contributed by atoms with E-state index in [2.05, 4.69) is 5.32 Å². The van der Waals surface area contributed by atoms with Crippen molar-refractivity contribution in [3.05, 3.63) is 58.1 Å². The molecule has 0 aliphatic rings. The molecule has 0 unspecified atom stereocenters. The van der Waals surface area contributed by atoms with Crippen LogP contribution >= 0.6 is 23.2 Å². The van der Waals surface area contributed by atoms with Gasteiger partial charge in [-0.15, -0.1) is 0 Å². The largest absolute Gasteiger partial charge is 0.325 e. The molecule has 0 bridgehead atoms. The molecule has 0 fully saturated rings. The van der Waals surface area contributed by atoms with Crippen molar-refractivity contribution in [3.63, 3.8) is 0 Å². The first-order valence-corrected chi connectivity index (χ1v) is 8.17. The van der Waals surface area contributed by atoms with Crippen molar-refractivity contribution >= 4 is 52.2 Å². The van der Waals surface area contributed by atoms with Gasteiger partial charge in [-0.25, -0.2) is 0 Å².